The number of rotatable bonds is 11. The van der Waals surface area contributed by atoms with Gasteiger partial charge in [-0.2, -0.15) is 0 Å². The van der Waals surface area contributed by atoms with Crippen LogP contribution in [0.25, 0.3) is 0 Å². The van der Waals surface area contributed by atoms with Crippen LogP contribution < -0.4 is 9.62 Å². The van der Waals surface area contributed by atoms with Crippen LogP contribution in [0.5, 0.6) is 0 Å². The van der Waals surface area contributed by atoms with E-state index in [0.29, 0.717) is 5.69 Å². The molecule has 9 heteroatoms. The molecule has 7 nitrogen and oxygen atoms in total. The average Bonchev–Trinajstić information content (AvgIpc) is 2.85. The highest BCUT2D eigenvalue weighted by Gasteiger charge is 2.33. The van der Waals surface area contributed by atoms with Crippen molar-refractivity contribution in [3.8, 4) is 0 Å². The van der Waals surface area contributed by atoms with Crippen molar-refractivity contribution >= 4 is 27.5 Å². The number of hydrogen-bond acceptors (Lipinski definition) is 4. The number of carbonyl (C=O) groups is 2. The smallest absolute Gasteiger partial charge is 0.244 e. The van der Waals surface area contributed by atoms with Crippen LogP contribution in [0, 0.1) is 5.82 Å². The average molecular weight is 526 g/mol. The van der Waals surface area contributed by atoms with Crippen LogP contribution in [-0.4, -0.2) is 50.0 Å². The highest BCUT2D eigenvalue weighted by molar-refractivity contribution is 7.92. The summed E-state index contributed by atoms with van der Waals surface area (Å²) in [5, 5.41) is 2.86. The lowest BCUT2D eigenvalue weighted by Gasteiger charge is -2.34. The van der Waals surface area contributed by atoms with Gasteiger partial charge in [-0.3, -0.25) is 13.9 Å². The van der Waals surface area contributed by atoms with Crippen LogP contribution in [0.15, 0.2) is 84.9 Å². The molecular formula is C28H32FN3O4S. The van der Waals surface area contributed by atoms with Gasteiger partial charge in [-0.15, -0.1) is 0 Å². The number of nitrogens with zero attached hydrogens (tertiary/aromatic N) is 2. The Labute approximate surface area is 218 Å². The normalized spacial score (nSPS) is 12.1. The first-order valence-electron chi connectivity index (χ1n) is 12.0. The van der Waals surface area contributed by atoms with Gasteiger partial charge in [-0.25, -0.2) is 12.8 Å². The van der Waals surface area contributed by atoms with Gasteiger partial charge in [0.2, 0.25) is 21.8 Å². The molecule has 0 bridgehead atoms. The number of hydrogen-bond donors (Lipinski definition) is 1. The Morgan fingerprint density at radius 1 is 0.892 bits per heavy atom. The lowest BCUT2D eigenvalue weighted by molar-refractivity contribution is -0.140. The number of anilines is 1. The van der Waals surface area contributed by atoms with Crippen molar-refractivity contribution in [2.24, 2.45) is 0 Å². The fraction of sp³-hybridized carbons (Fsp3) is 0.286. The van der Waals surface area contributed by atoms with E-state index >= 15 is 0 Å². The first-order chi connectivity index (χ1) is 17.6. The molecular weight excluding hydrogens is 493 g/mol. The number of benzene rings is 3. The Balaban J connectivity index is 2.05. The quantitative estimate of drug-likeness (QED) is 0.413. The molecule has 1 N–H and O–H groups in total. The largest absolute Gasteiger partial charge is 0.352 e. The van der Waals surface area contributed by atoms with Gasteiger partial charge in [0.15, 0.2) is 0 Å². The van der Waals surface area contributed by atoms with E-state index in [4.69, 9.17) is 0 Å². The molecule has 0 aliphatic heterocycles. The van der Waals surface area contributed by atoms with Crippen molar-refractivity contribution in [1.82, 2.24) is 10.2 Å². The zero-order valence-corrected chi connectivity index (χ0v) is 22.0. The van der Waals surface area contributed by atoms with Crippen LogP contribution >= 0.6 is 0 Å². The fourth-order valence-corrected chi connectivity index (χ4v) is 4.80. The zero-order chi connectivity index (χ0) is 27.0. The second kappa shape index (κ2) is 12.5. The Morgan fingerprint density at radius 3 is 2.03 bits per heavy atom. The topological polar surface area (TPSA) is 86.8 Å². The molecule has 0 saturated carbocycles. The van der Waals surface area contributed by atoms with Gasteiger partial charge < -0.3 is 10.2 Å². The predicted octanol–water partition coefficient (Wildman–Crippen LogP) is 3.76. The summed E-state index contributed by atoms with van der Waals surface area (Å²) < 4.78 is 41.0. The molecule has 0 saturated heterocycles. The number of carbonyl (C=O) groups excluding carboxylic acids is 2. The molecule has 0 aliphatic rings. The van der Waals surface area contributed by atoms with Crippen LogP contribution in [0.1, 0.15) is 25.0 Å². The first-order valence-corrected chi connectivity index (χ1v) is 13.8. The first kappa shape index (κ1) is 27.9. The summed E-state index contributed by atoms with van der Waals surface area (Å²) in [5.74, 6) is -1.56. The third-order valence-corrected chi connectivity index (χ3v) is 6.86. The number of sulfonamides is 1. The van der Waals surface area contributed by atoms with E-state index in [1.54, 1.807) is 62.4 Å². The Morgan fingerprint density at radius 2 is 1.46 bits per heavy atom. The van der Waals surface area contributed by atoms with Crippen molar-refractivity contribution < 1.29 is 22.4 Å². The summed E-state index contributed by atoms with van der Waals surface area (Å²) in [7, 11) is -3.84. The van der Waals surface area contributed by atoms with Gasteiger partial charge in [0, 0.05) is 24.6 Å². The standard InChI is InChI=1S/C28H32FN3O4S/c1-21(2)30-28(34)26(18-22-12-6-4-7-13-22)31(19-23-14-10-11-17-25(23)29)27(33)20-32(37(3,35)36)24-15-8-5-9-16-24/h4-17,21,26H,18-20H2,1-3H3,(H,30,34). The van der Waals surface area contributed by atoms with Crippen molar-refractivity contribution in [2.45, 2.75) is 38.9 Å². The Kier molecular flexibility index (Phi) is 9.41. The zero-order valence-electron chi connectivity index (χ0n) is 21.2. The van der Waals surface area contributed by atoms with Crippen molar-refractivity contribution in [3.63, 3.8) is 0 Å². The van der Waals surface area contributed by atoms with Gasteiger partial charge >= 0.3 is 0 Å². The highest BCUT2D eigenvalue weighted by Crippen LogP contribution is 2.21. The molecule has 3 aromatic rings. The maximum Gasteiger partial charge on any atom is 0.244 e. The van der Waals surface area contributed by atoms with E-state index < -0.39 is 40.2 Å². The van der Waals surface area contributed by atoms with Gasteiger partial charge in [0.25, 0.3) is 0 Å². The minimum absolute atomic E-state index is 0.170. The van der Waals surface area contributed by atoms with Gasteiger partial charge in [-0.05, 0) is 37.6 Å². The fourth-order valence-electron chi connectivity index (χ4n) is 3.95. The number of para-hydroxylation sites is 1. The molecule has 3 rings (SSSR count). The Hall–Kier alpha value is -3.72. The SMILES string of the molecule is CC(C)NC(=O)C(Cc1ccccc1)N(Cc1ccccc1F)C(=O)CN(c1ccccc1)S(C)(=O)=O. The molecule has 2 amide bonds. The van der Waals surface area contributed by atoms with Crippen LogP contribution in [0.3, 0.4) is 0 Å². The third kappa shape index (κ3) is 7.88. The molecule has 1 atom stereocenters. The lowest BCUT2D eigenvalue weighted by Crippen LogP contribution is -2.54. The number of halogens is 1. The van der Waals surface area contributed by atoms with Crippen molar-refractivity contribution in [2.75, 3.05) is 17.1 Å². The summed E-state index contributed by atoms with van der Waals surface area (Å²) in [6.45, 7) is 2.86. The lowest BCUT2D eigenvalue weighted by atomic mass is 10.0. The molecule has 0 spiro atoms. The summed E-state index contributed by atoms with van der Waals surface area (Å²) in [6, 6.07) is 22.2. The minimum atomic E-state index is -3.84. The molecule has 3 aromatic carbocycles. The molecule has 0 heterocycles. The van der Waals surface area contributed by atoms with E-state index in [-0.39, 0.29) is 24.6 Å². The molecule has 1 unspecified atom stereocenters. The number of amides is 2. The van der Waals surface area contributed by atoms with Gasteiger partial charge in [-0.1, -0.05) is 66.7 Å². The minimum Gasteiger partial charge on any atom is -0.352 e. The van der Waals surface area contributed by atoms with E-state index in [2.05, 4.69) is 5.32 Å². The molecule has 37 heavy (non-hydrogen) atoms. The summed E-state index contributed by atoms with van der Waals surface area (Å²) in [6.07, 6.45) is 1.19. The van der Waals surface area contributed by atoms with E-state index in [1.165, 1.54) is 11.0 Å². The summed E-state index contributed by atoms with van der Waals surface area (Å²) in [5.41, 5.74) is 1.34. The van der Waals surface area contributed by atoms with E-state index in [9.17, 15) is 22.4 Å². The van der Waals surface area contributed by atoms with E-state index in [1.807, 2.05) is 30.3 Å². The molecule has 196 valence electrons. The van der Waals surface area contributed by atoms with Crippen LogP contribution in [-0.2, 0) is 32.6 Å². The predicted molar refractivity (Wildman–Crippen MR) is 143 cm³/mol. The van der Waals surface area contributed by atoms with Gasteiger partial charge in [0.1, 0.15) is 18.4 Å². The van der Waals surface area contributed by atoms with Crippen LogP contribution in [0.4, 0.5) is 10.1 Å². The summed E-state index contributed by atoms with van der Waals surface area (Å²) in [4.78, 5) is 28.5. The maximum absolute atomic E-state index is 14.7. The Bertz CT molecular complexity index is 1300. The second-order valence-electron chi connectivity index (χ2n) is 9.09. The maximum atomic E-state index is 14.7. The van der Waals surface area contributed by atoms with E-state index in [0.717, 1.165) is 16.1 Å². The van der Waals surface area contributed by atoms with Gasteiger partial charge in [0.05, 0.1) is 11.9 Å². The monoisotopic (exact) mass is 525 g/mol. The molecule has 0 radical (unpaired) electrons. The molecule has 0 aromatic heterocycles. The van der Waals surface area contributed by atoms with Crippen LogP contribution in [0.2, 0.25) is 0 Å². The molecule has 0 aliphatic carbocycles. The van der Waals surface area contributed by atoms with Crippen molar-refractivity contribution in [3.05, 3.63) is 102 Å². The second-order valence-corrected chi connectivity index (χ2v) is 11.0. The number of nitrogens with one attached hydrogen (secondary N) is 1. The third-order valence-electron chi connectivity index (χ3n) is 5.72. The molecule has 0 fully saturated rings. The highest BCUT2D eigenvalue weighted by atomic mass is 32.2. The summed E-state index contributed by atoms with van der Waals surface area (Å²) >= 11 is 0. The van der Waals surface area contributed by atoms with Crippen molar-refractivity contribution in [1.29, 1.82) is 0 Å².